The topological polar surface area (TPSA) is 87.2 Å². The van der Waals surface area contributed by atoms with Gasteiger partial charge in [-0.15, -0.1) is 0 Å². The van der Waals surface area contributed by atoms with Crippen LogP contribution in [0.3, 0.4) is 0 Å². The van der Waals surface area contributed by atoms with E-state index in [4.69, 9.17) is 9.84 Å². The van der Waals surface area contributed by atoms with E-state index in [0.717, 1.165) is 0 Å². The Morgan fingerprint density at radius 2 is 1.75 bits per heavy atom. The van der Waals surface area contributed by atoms with E-state index in [9.17, 15) is 13.2 Å². The van der Waals surface area contributed by atoms with Gasteiger partial charge in [0.1, 0.15) is 0 Å². The maximum Gasteiger partial charge on any atom is 0.309 e. The van der Waals surface area contributed by atoms with Crippen LogP contribution in [0.25, 0.3) is 0 Å². The van der Waals surface area contributed by atoms with Gasteiger partial charge in [0.05, 0.1) is 19.1 Å². The number of aliphatic carboxylic acids is 1. The second-order valence-electron chi connectivity index (χ2n) is 3.87. The molecule has 2 saturated heterocycles. The highest BCUT2D eigenvalue weighted by Gasteiger charge is 2.42. The minimum absolute atomic E-state index is 0.0784. The Morgan fingerprint density at radius 1 is 1.19 bits per heavy atom. The number of carboxylic acids is 1. The number of carboxylic acid groups (broad SMARTS) is 1. The van der Waals surface area contributed by atoms with Gasteiger partial charge in [0.2, 0.25) is 0 Å². The molecule has 0 spiro atoms. The molecule has 92 valence electrons. The Kier molecular flexibility index (Phi) is 3.15. The van der Waals surface area contributed by atoms with Crippen molar-refractivity contribution in [2.24, 2.45) is 5.92 Å². The van der Waals surface area contributed by atoms with Crippen LogP contribution in [0.15, 0.2) is 0 Å². The highest BCUT2D eigenvalue weighted by molar-refractivity contribution is 7.86. The molecular formula is C8H14N2O5S. The number of morpholine rings is 1. The normalized spacial score (nSPS) is 25.2. The molecule has 2 rings (SSSR count). The van der Waals surface area contributed by atoms with Gasteiger partial charge in [-0.3, -0.25) is 4.79 Å². The maximum absolute atomic E-state index is 11.9. The molecule has 0 aromatic heterocycles. The summed E-state index contributed by atoms with van der Waals surface area (Å²) in [5.74, 6) is -1.50. The molecule has 2 heterocycles. The summed E-state index contributed by atoms with van der Waals surface area (Å²) in [6.07, 6.45) is 0. The third-order valence-electron chi connectivity index (χ3n) is 2.82. The molecule has 1 N–H and O–H groups in total. The lowest BCUT2D eigenvalue weighted by Gasteiger charge is -2.39. The van der Waals surface area contributed by atoms with Gasteiger partial charge in [0.25, 0.3) is 10.2 Å². The molecule has 16 heavy (non-hydrogen) atoms. The minimum Gasteiger partial charge on any atom is -0.481 e. The standard InChI is InChI=1S/C8H14N2O5S/c11-8(12)7-5-10(6-7)16(13,14)9-1-3-15-4-2-9/h7H,1-6H2,(H,11,12). The zero-order chi connectivity index (χ0) is 11.8. The van der Waals surface area contributed by atoms with Crippen LogP contribution in [-0.4, -0.2) is 67.5 Å². The van der Waals surface area contributed by atoms with E-state index in [0.29, 0.717) is 26.3 Å². The molecule has 0 saturated carbocycles. The summed E-state index contributed by atoms with van der Waals surface area (Å²) in [5.41, 5.74) is 0. The van der Waals surface area contributed by atoms with Crippen molar-refractivity contribution in [1.82, 2.24) is 8.61 Å². The summed E-state index contributed by atoms with van der Waals surface area (Å²) in [6.45, 7) is 1.64. The van der Waals surface area contributed by atoms with Crippen LogP contribution in [0.2, 0.25) is 0 Å². The molecular weight excluding hydrogens is 236 g/mol. The smallest absolute Gasteiger partial charge is 0.309 e. The predicted octanol–water partition coefficient (Wildman–Crippen LogP) is -1.42. The van der Waals surface area contributed by atoms with Crippen LogP contribution in [0.5, 0.6) is 0 Å². The van der Waals surface area contributed by atoms with Gasteiger partial charge in [0, 0.05) is 26.2 Å². The Balaban J connectivity index is 1.96. The van der Waals surface area contributed by atoms with Gasteiger partial charge < -0.3 is 9.84 Å². The molecule has 0 amide bonds. The fraction of sp³-hybridized carbons (Fsp3) is 0.875. The van der Waals surface area contributed by atoms with Gasteiger partial charge in [-0.05, 0) is 0 Å². The number of rotatable bonds is 3. The van der Waals surface area contributed by atoms with Crippen LogP contribution >= 0.6 is 0 Å². The maximum atomic E-state index is 11.9. The highest BCUT2D eigenvalue weighted by atomic mass is 32.2. The first-order chi connectivity index (χ1) is 7.51. The first-order valence-electron chi connectivity index (χ1n) is 5.07. The van der Waals surface area contributed by atoms with Crippen molar-refractivity contribution >= 4 is 16.2 Å². The van der Waals surface area contributed by atoms with Crippen LogP contribution < -0.4 is 0 Å². The molecule has 0 aromatic carbocycles. The van der Waals surface area contributed by atoms with E-state index < -0.39 is 22.1 Å². The Labute approximate surface area is 93.8 Å². The molecule has 7 nitrogen and oxygen atoms in total. The average molecular weight is 250 g/mol. The van der Waals surface area contributed by atoms with Gasteiger partial charge >= 0.3 is 5.97 Å². The predicted molar refractivity (Wildman–Crippen MR) is 54.0 cm³/mol. The fourth-order valence-electron chi connectivity index (χ4n) is 1.72. The second-order valence-corrected chi connectivity index (χ2v) is 5.80. The summed E-state index contributed by atoms with van der Waals surface area (Å²) in [5, 5.41) is 8.67. The van der Waals surface area contributed by atoms with E-state index in [2.05, 4.69) is 0 Å². The Hall–Kier alpha value is -0.700. The lowest BCUT2D eigenvalue weighted by atomic mass is 10.0. The third kappa shape index (κ3) is 2.05. The largest absolute Gasteiger partial charge is 0.481 e. The van der Waals surface area contributed by atoms with E-state index >= 15 is 0 Å². The van der Waals surface area contributed by atoms with Crippen molar-refractivity contribution in [2.45, 2.75) is 0 Å². The van der Waals surface area contributed by atoms with E-state index in [1.807, 2.05) is 0 Å². The minimum atomic E-state index is -3.47. The zero-order valence-electron chi connectivity index (χ0n) is 8.70. The number of nitrogens with zero attached hydrogens (tertiary/aromatic N) is 2. The molecule has 2 fully saturated rings. The number of carbonyl (C=O) groups is 1. The molecule has 2 aliphatic heterocycles. The molecule has 0 bridgehead atoms. The average Bonchev–Trinajstić information content (AvgIpc) is 2.15. The molecule has 0 aromatic rings. The van der Waals surface area contributed by atoms with Gasteiger partial charge in [-0.2, -0.15) is 17.0 Å². The number of ether oxygens (including phenoxy) is 1. The van der Waals surface area contributed by atoms with Crippen LogP contribution in [-0.2, 0) is 19.7 Å². The van der Waals surface area contributed by atoms with Crippen molar-refractivity contribution in [3.8, 4) is 0 Å². The van der Waals surface area contributed by atoms with Gasteiger partial charge in [0.15, 0.2) is 0 Å². The van der Waals surface area contributed by atoms with E-state index in [-0.39, 0.29) is 13.1 Å². The molecule has 0 radical (unpaired) electrons. The lowest BCUT2D eigenvalue weighted by molar-refractivity contribution is -0.145. The summed E-state index contributed by atoms with van der Waals surface area (Å²) < 4.78 is 31.5. The van der Waals surface area contributed by atoms with E-state index in [1.165, 1.54) is 8.61 Å². The molecule has 0 unspecified atom stereocenters. The lowest BCUT2D eigenvalue weighted by Crippen LogP contribution is -2.58. The van der Waals surface area contributed by atoms with Gasteiger partial charge in [-0.25, -0.2) is 0 Å². The Morgan fingerprint density at radius 3 is 2.25 bits per heavy atom. The highest BCUT2D eigenvalue weighted by Crippen LogP contribution is 2.22. The van der Waals surface area contributed by atoms with Crippen molar-refractivity contribution in [3.05, 3.63) is 0 Å². The SMILES string of the molecule is O=C(O)C1CN(S(=O)(=O)N2CCOCC2)C1. The third-order valence-corrected chi connectivity index (χ3v) is 4.79. The summed E-state index contributed by atoms with van der Waals surface area (Å²) >= 11 is 0. The molecule has 2 aliphatic rings. The summed E-state index contributed by atoms with van der Waals surface area (Å²) in [7, 11) is -3.47. The molecule has 0 atom stereocenters. The zero-order valence-corrected chi connectivity index (χ0v) is 9.52. The van der Waals surface area contributed by atoms with E-state index in [1.54, 1.807) is 0 Å². The van der Waals surface area contributed by atoms with Crippen LogP contribution in [0, 0.1) is 5.92 Å². The monoisotopic (exact) mass is 250 g/mol. The molecule has 8 heteroatoms. The number of hydrogen-bond acceptors (Lipinski definition) is 4. The number of hydrogen-bond donors (Lipinski definition) is 1. The fourth-order valence-corrected chi connectivity index (χ4v) is 3.40. The molecule has 0 aliphatic carbocycles. The van der Waals surface area contributed by atoms with Crippen LogP contribution in [0.1, 0.15) is 0 Å². The van der Waals surface area contributed by atoms with Crippen molar-refractivity contribution in [2.75, 3.05) is 39.4 Å². The summed E-state index contributed by atoms with van der Waals surface area (Å²) in [4.78, 5) is 10.6. The van der Waals surface area contributed by atoms with Crippen molar-refractivity contribution < 1.29 is 23.1 Å². The van der Waals surface area contributed by atoms with Crippen LogP contribution in [0.4, 0.5) is 0 Å². The van der Waals surface area contributed by atoms with Crippen molar-refractivity contribution in [3.63, 3.8) is 0 Å². The second kappa shape index (κ2) is 4.28. The summed E-state index contributed by atoms with van der Waals surface area (Å²) in [6, 6.07) is 0. The quantitative estimate of drug-likeness (QED) is 0.664. The Bertz CT molecular complexity index is 370. The van der Waals surface area contributed by atoms with Crippen molar-refractivity contribution in [1.29, 1.82) is 0 Å². The first-order valence-corrected chi connectivity index (χ1v) is 6.47. The first kappa shape index (κ1) is 11.8. The van der Waals surface area contributed by atoms with Gasteiger partial charge in [-0.1, -0.05) is 0 Å².